The lowest BCUT2D eigenvalue weighted by molar-refractivity contribution is -0.131. The van der Waals surface area contributed by atoms with E-state index in [0.29, 0.717) is 25.9 Å². The Balaban J connectivity index is 2.54. The number of amides is 1. The number of hydrogen-bond acceptors (Lipinski definition) is 4. The van der Waals surface area contributed by atoms with E-state index in [1.807, 2.05) is 19.1 Å². The number of nitriles is 1. The molecule has 1 unspecified atom stereocenters. The Kier molecular flexibility index (Phi) is 7.30. The Bertz CT molecular complexity index is 439. The van der Waals surface area contributed by atoms with E-state index in [9.17, 15) is 4.79 Å². The van der Waals surface area contributed by atoms with Crippen LogP contribution in [0.1, 0.15) is 38.2 Å². The Morgan fingerprint density at radius 3 is 3.00 bits per heavy atom. The quantitative estimate of drug-likeness (QED) is 0.784. The van der Waals surface area contributed by atoms with E-state index in [1.54, 1.807) is 17.3 Å². The first-order valence-electron chi connectivity index (χ1n) is 6.92. The molecule has 1 rings (SSSR count). The molecule has 0 radical (unpaired) electrons. The molecule has 0 fully saturated rings. The summed E-state index contributed by atoms with van der Waals surface area (Å²) in [6.07, 6.45) is 5.89. The van der Waals surface area contributed by atoms with Gasteiger partial charge in [-0.3, -0.25) is 9.78 Å². The number of hydrogen-bond donors (Lipinski definition) is 1. The lowest BCUT2D eigenvalue weighted by Gasteiger charge is -2.21. The first kappa shape index (κ1) is 16.1. The van der Waals surface area contributed by atoms with E-state index in [1.165, 1.54) is 0 Å². The highest BCUT2D eigenvalue weighted by atomic mass is 16.2. The van der Waals surface area contributed by atoms with Gasteiger partial charge in [-0.05, 0) is 31.4 Å². The van der Waals surface area contributed by atoms with Crippen LogP contribution in [0.4, 0.5) is 0 Å². The summed E-state index contributed by atoms with van der Waals surface area (Å²) in [5, 5.41) is 8.70. The molecule has 1 aromatic rings. The average molecular weight is 274 g/mol. The maximum absolute atomic E-state index is 12.2. The Hall–Kier alpha value is -1.93. The molecule has 0 spiro atoms. The van der Waals surface area contributed by atoms with E-state index < -0.39 is 0 Å². The molecule has 1 aromatic heterocycles. The molecule has 5 nitrogen and oxygen atoms in total. The Labute approximate surface area is 120 Å². The van der Waals surface area contributed by atoms with Crippen molar-refractivity contribution in [2.45, 2.75) is 45.2 Å². The molecule has 1 heterocycles. The van der Waals surface area contributed by atoms with E-state index in [-0.39, 0.29) is 11.9 Å². The van der Waals surface area contributed by atoms with Crippen molar-refractivity contribution in [1.82, 2.24) is 9.88 Å². The van der Waals surface area contributed by atoms with Crippen molar-refractivity contribution in [2.24, 2.45) is 5.73 Å². The van der Waals surface area contributed by atoms with Crippen molar-refractivity contribution in [1.29, 1.82) is 5.26 Å². The summed E-state index contributed by atoms with van der Waals surface area (Å²) in [7, 11) is 0. The van der Waals surface area contributed by atoms with Gasteiger partial charge in [0, 0.05) is 37.9 Å². The SMILES string of the molecule is CC(N)CCCC(=O)N(CCC#N)Cc1cccnc1. The smallest absolute Gasteiger partial charge is 0.222 e. The molecule has 1 atom stereocenters. The number of aromatic nitrogens is 1. The van der Waals surface area contributed by atoms with Crippen LogP contribution in [0.25, 0.3) is 0 Å². The molecule has 108 valence electrons. The minimum Gasteiger partial charge on any atom is -0.337 e. The number of nitrogens with two attached hydrogens (primary N) is 1. The third-order valence-electron chi connectivity index (χ3n) is 2.99. The predicted molar refractivity (Wildman–Crippen MR) is 77.4 cm³/mol. The summed E-state index contributed by atoms with van der Waals surface area (Å²) in [4.78, 5) is 18.0. The third kappa shape index (κ3) is 6.30. The van der Waals surface area contributed by atoms with Gasteiger partial charge in [0.15, 0.2) is 0 Å². The summed E-state index contributed by atoms with van der Waals surface area (Å²) < 4.78 is 0. The second-order valence-corrected chi connectivity index (χ2v) is 4.95. The molecule has 0 saturated heterocycles. The van der Waals surface area contributed by atoms with Crippen molar-refractivity contribution in [3.63, 3.8) is 0 Å². The van der Waals surface area contributed by atoms with Gasteiger partial charge in [0.1, 0.15) is 0 Å². The van der Waals surface area contributed by atoms with Crippen LogP contribution in [0.3, 0.4) is 0 Å². The average Bonchev–Trinajstić information content (AvgIpc) is 2.44. The highest BCUT2D eigenvalue weighted by Crippen LogP contribution is 2.08. The zero-order valence-electron chi connectivity index (χ0n) is 12.0. The monoisotopic (exact) mass is 274 g/mol. The van der Waals surface area contributed by atoms with Gasteiger partial charge in [-0.15, -0.1) is 0 Å². The first-order chi connectivity index (χ1) is 9.63. The zero-order chi connectivity index (χ0) is 14.8. The molecular weight excluding hydrogens is 252 g/mol. The van der Waals surface area contributed by atoms with Crippen LogP contribution in [0.15, 0.2) is 24.5 Å². The van der Waals surface area contributed by atoms with Crippen LogP contribution in [0.5, 0.6) is 0 Å². The molecule has 0 aromatic carbocycles. The second kappa shape index (κ2) is 9.05. The van der Waals surface area contributed by atoms with Crippen LogP contribution < -0.4 is 5.73 Å². The molecule has 5 heteroatoms. The maximum Gasteiger partial charge on any atom is 0.222 e. The molecule has 2 N–H and O–H groups in total. The van der Waals surface area contributed by atoms with Crippen LogP contribution in [-0.4, -0.2) is 28.4 Å². The largest absolute Gasteiger partial charge is 0.337 e. The Morgan fingerprint density at radius 2 is 2.40 bits per heavy atom. The predicted octanol–water partition coefficient (Wildman–Crippen LogP) is 1.84. The van der Waals surface area contributed by atoms with E-state index in [4.69, 9.17) is 11.0 Å². The highest BCUT2D eigenvalue weighted by molar-refractivity contribution is 5.76. The molecular formula is C15H22N4O. The number of carbonyl (C=O) groups excluding carboxylic acids is 1. The molecule has 0 aliphatic heterocycles. The zero-order valence-corrected chi connectivity index (χ0v) is 12.0. The van der Waals surface area contributed by atoms with E-state index in [0.717, 1.165) is 18.4 Å². The Morgan fingerprint density at radius 1 is 1.60 bits per heavy atom. The van der Waals surface area contributed by atoms with Crippen LogP contribution in [0, 0.1) is 11.3 Å². The second-order valence-electron chi connectivity index (χ2n) is 4.95. The summed E-state index contributed by atoms with van der Waals surface area (Å²) in [6, 6.07) is 5.98. The van der Waals surface area contributed by atoms with Gasteiger partial charge in [-0.1, -0.05) is 6.07 Å². The minimum atomic E-state index is 0.0738. The number of pyridine rings is 1. The van der Waals surface area contributed by atoms with Crippen molar-refractivity contribution in [3.05, 3.63) is 30.1 Å². The van der Waals surface area contributed by atoms with Gasteiger partial charge in [-0.25, -0.2) is 0 Å². The minimum absolute atomic E-state index is 0.0738. The standard InChI is InChI=1S/C15H22N4O/c1-13(17)5-2-7-15(20)19(10-4-8-16)12-14-6-3-9-18-11-14/h3,6,9,11,13H,2,4-5,7,10,12,17H2,1H3. The lowest BCUT2D eigenvalue weighted by Crippen LogP contribution is -2.31. The van der Waals surface area contributed by atoms with Gasteiger partial charge in [-0.2, -0.15) is 5.26 Å². The van der Waals surface area contributed by atoms with Gasteiger partial charge in [0.2, 0.25) is 5.91 Å². The van der Waals surface area contributed by atoms with Crippen LogP contribution >= 0.6 is 0 Å². The van der Waals surface area contributed by atoms with Crippen LogP contribution in [-0.2, 0) is 11.3 Å². The summed E-state index contributed by atoms with van der Waals surface area (Å²) >= 11 is 0. The van der Waals surface area contributed by atoms with E-state index in [2.05, 4.69) is 11.1 Å². The van der Waals surface area contributed by atoms with Crippen molar-refractivity contribution in [2.75, 3.05) is 6.54 Å². The normalized spacial score (nSPS) is 11.7. The van der Waals surface area contributed by atoms with Crippen LogP contribution in [0.2, 0.25) is 0 Å². The van der Waals surface area contributed by atoms with Crippen molar-refractivity contribution in [3.8, 4) is 6.07 Å². The topological polar surface area (TPSA) is 83.0 Å². The first-order valence-corrected chi connectivity index (χ1v) is 6.92. The molecule has 0 saturated carbocycles. The lowest BCUT2D eigenvalue weighted by atomic mass is 10.1. The molecule has 0 bridgehead atoms. The highest BCUT2D eigenvalue weighted by Gasteiger charge is 2.13. The van der Waals surface area contributed by atoms with Gasteiger partial charge < -0.3 is 10.6 Å². The molecule has 0 aliphatic carbocycles. The van der Waals surface area contributed by atoms with Crippen molar-refractivity contribution < 1.29 is 4.79 Å². The third-order valence-corrected chi connectivity index (χ3v) is 2.99. The van der Waals surface area contributed by atoms with Gasteiger partial charge in [0.05, 0.1) is 12.5 Å². The molecule has 20 heavy (non-hydrogen) atoms. The van der Waals surface area contributed by atoms with Gasteiger partial charge in [0.25, 0.3) is 0 Å². The fraction of sp³-hybridized carbons (Fsp3) is 0.533. The fourth-order valence-electron chi connectivity index (χ4n) is 1.92. The van der Waals surface area contributed by atoms with Gasteiger partial charge >= 0.3 is 0 Å². The summed E-state index contributed by atoms with van der Waals surface area (Å²) in [6.45, 7) is 2.91. The number of rotatable bonds is 8. The molecule has 1 amide bonds. The fourth-order valence-corrected chi connectivity index (χ4v) is 1.92. The van der Waals surface area contributed by atoms with Crippen molar-refractivity contribution >= 4 is 5.91 Å². The number of nitrogens with zero attached hydrogens (tertiary/aromatic N) is 3. The maximum atomic E-state index is 12.2. The van der Waals surface area contributed by atoms with E-state index >= 15 is 0 Å². The summed E-state index contributed by atoms with van der Waals surface area (Å²) in [5.74, 6) is 0.0738. The number of carbonyl (C=O) groups is 1. The molecule has 0 aliphatic rings. The summed E-state index contributed by atoms with van der Waals surface area (Å²) in [5.41, 5.74) is 6.66.